The number of alkyl halides is 2. The van der Waals surface area contributed by atoms with Crippen LogP contribution < -0.4 is 0 Å². The highest BCUT2D eigenvalue weighted by molar-refractivity contribution is 6.09. The normalized spacial score (nSPS) is 11.0. The molecule has 0 fully saturated rings. The molecule has 0 aliphatic heterocycles. The Kier molecular flexibility index (Phi) is 4.65. The van der Waals surface area contributed by atoms with Gasteiger partial charge in [-0.15, -0.1) is 0 Å². The number of halogens is 2. The Morgan fingerprint density at radius 3 is 2.05 bits per heavy atom. The number of carbonyl (C=O) groups is 2. The standard InChI is InChI=1S/C17H14F2O3/c1-2-22-16(21)17(18,19)14-10-8-13(9-11-14)15(20)12-6-4-3-5-7-12/h3-11H,2H2,1H3. The van der Waals surface area contributed by atoms with Crippen LogP contribution in [0.2, 0.25) is 0 Å². The summed E-state index contributed by atoms with van der Waals surface area (Å²) in [5.41, 5.74) is 0.234. The van der Waals surface area contributed by atoms with E-state index in [2.05, 4.69) is 4.74 Å². The SMILES string of the molecule is CCOC(=O)C(F)(F)c1ccc(C(=O)c2ccccc2)cc1. The van der Waals surface area contributed by atoms with Crippen molar-refractivity contribution in [2.45, 2.75) is 12.8 Å². The van der Waals surface area contributed by atoms with E-state index in [0.717, 1.165) is 12.1 Å². The zero-order valence-corrected chi connectivity index (χ0v) is 11.9. The lowest BCUT2D eigenvalue weighted by Crippen LogP contribution is -2.28. The Morgan fingerprint density at radius 2 is 1.50 bits per heavy atom. The average molecular weight is 304 g/mol. The Hall–Kier alpha value is -2.56. The number of hydrogen-bond acceptors (Lipinski definition) is 3. The van der Waals surface area contributed by atoms with Gasteiger partial charge >= 0.3 is 11.9 Å². The number of benzene rings is 2. The van der Waals surface area contributed by atoms with Gasteiger partial charge in [-0.3, -0.25) is 4.79 Å². The van der Waals surface area contributed by atoms with Crippen molar-refractivity contribution in [3.8, 4) is 0 Å². The maximum absolute atomic E-state index is 13.8. The first-order chi connectivity index (χ1) is 10.5. The number of esters is 1. The van der Waals surface area contributed by atoms with Crippen molar-refractivity contribution < 1.29 is 23.1 Å². The lowest BCUT2D eigenvalue weighted by atomic mass is 10.0. The maximum atomic E-state index is 13.8. The molecule has 3 nitrogen and oxygen atoms in total. The van der Waals surface area contributed by atoms with Gasteiger partial charge in [0.1, 0.15) is 0 Å². The molecule has 0 amide bonds. The van der Waals surface area contributed by atoms with Gasteiger partial charge in [-0.05, 0) is 6.92 Å². The lowest BCUT2D eigenvalue weighted by Gasteiger charge is -2.15. The van der Waals surface area contributed by atoms with Crippen molar-refractivity contribution in [3.05, 3.63) is 71.3 Å². The maximum Gasteiger partial charge on any atom is 0.381 e. The molecular formula is C17H14F2O3. The van der Waals surface area contributed by atoms with E-state index in [-0.39, 0.29) is 18.0 Å². The summed E-state index contributed by atoms with van der Waals surface area (Å²) in [6.45, 7) is 1.33. The van der Waals surface area contributed by atoms with Crippen molar-refractivity contribution in [2.24, 2.45) is 0 Å². The van der Waals surface area contributed by atoms with E-state index in [1.54, 1.807) is 30.3 Å². The molecule has 5 heteroatoms. The number of hydrogen-bond donors (Lipinski definition) is 0. The van der Waals surface area contributed by atoms with E-state index < -0.39 is 17.5 Å². The minimum atomic E-state index is -3.73. The predicted molar refractivity (Wildman–Crippen MR) is 76.8 cm³/mol. The average Bonchev–Trinajstić information content (AvgIpc) is 2.55. The van der Waals surface area contributed by atoms with Crippen molar-refractivity contribution >= 4 is 11.8 Å². The smallest absolute Gasteiger partial charge is 0.381 e. The highest BCUT2D eigenvalue weighted by atomic mass is 19.3. The lowest BCUT2D eigenvalue weighted by molar-refractivity contribution is -0.173. The van der Waals surface area contributed by atoms with Crippen LogP contribution in [0.15, 0.2) is 54.6 Å². The molecule has 2 aromatic carbocycles. The molecule has 0 aromatic heterocycles. The number of rotatable bonds is 5. The highest BCUT2D eigenvalue weighted by Crippen LogP contribution is 2.29. The molecule has 0 N–H and O–H groups in total. The van der Waals surface area contributed by atoms with E-state index >= 15 is 0 Å². The fourth-order valence-corrected chi connectivity index (χ4v) is 1.93. The van der Waals surface area contributed by atoms with Crippen LogP contribution in [0.3, 0.4) is 0 Å². The van der Waals surface area contributed by atoms with Crippen LogP contribution in [0.25, 0.3) is 0 Å². The molecule has 0 bridgehead atoms. The largest absolute Gasteiger partial charge is 0.461 e. The second-order valence-corrected chi connectivity index (χ2v) is 4.57. The summed E-state index contributed by atoms with van der Waals surface area (Å²) in [5.74, 6) is -5.60. The molecule has 2 aromatic rings. The van der Waals surface area contributed by atoms with Gasteiger partial charge in [-0.2, -0.15) is 8.78 Å². The quantitative estimate of drug-likeness (QED) is 0.626. The van der Waals surface area contributed by atoms with E-state index in [4.69, 9.17) is 0 Å². The first-order valence-corrected chi connectivity index (χ1v) is 6.72. The fraction of sp³-hybridized carbons (Fsp3) is 0.176. The molecular weight excluding hydrogens is 290 g/mol. The molecule has 2 rings (SSSR count). The molecule has 0 heterocycles. The van der Waals surface area contributed by atoms with Crippen LogP contribution in [0.5, 0.6) is 0 Å². The summed E-state index contributed by atoms with van der Waals surface area (Å²) in [4.78, 5) is 23.4. The van der Waals surface area contributed by atoms with Crippen LogP contribution in [-0.4, -0.2) is 18.4 Å². The van der Waals surface area contributed by atoms with Crippen LogP contribution in [0, 0.1) is 0 Å². The summed E-state index contributed by atoms with van der Waals surface area (Å²) in [6.07, 6.45) is 0. The Labute approximate surface area is 126 Å². The van der Waals surface area contributed by atoms with Crippen molar-refractivity contribution in [2.75, 3.05) is 6.61 Å². The molecule has 114 valence electrons. The van der Waals surface area contributed by atoms with E-state index in [1.807, 2.05) is 0 Å². The van der Waals surface area contributed by atoms with Gasteiger partial charge in [0.2, 0.25) is 0 Å². The van der Waals surface area contributed by atoms with Gasteiger partial charge < -0.3 is 4.74 Å². The zero-order chi connectivity index (χ0) is 16.2. The minimum absolute atomic E-state index is 0.126. The second-order valence-electron chi connectivity index (χ2n) is 4.57. The van der Waals surface area contributed by atoms with Gasteiger partial charge in [0.15, 0.2) is 5.78 Å². The van der Waals surface area contributed by atoms with Crippen molar-refractivity contribution in [1.82, 2.24) is 0 Å². The molecule has 0 unspecified atom stereocenters. The van der Waals surface area contributed by atoms with Gasteiger partial charge in [-0.1, -0.05) is 54.6 Å². The molecule has 22 heavy (non-hydrogen) atoms. The van der Waals surface area contributed by atoms with E-state index in [9.17, 15) is 18.4 Å². The molecule has 0 saturated carbocycles. The van der Waals surface area contributed by atoms with Crippen LogP contribution >= 0.6 is 0 Å². The van der Waals surface area contributed by atoms with Gasteiger partial charge in [0, 0.05) is 16.7 Å². The Balaban J connectivity index is 2.24. The van der Waals surface area contributed by atoms with E-state index in [1.165, 1.54) is 19.1 Å². The van der Waals surface area contributed by atoms with Crippen LogP contribution in [-0.2, 0) is 15.5 Å². The van der Waals surface area contributed by atoms with Gasteiger partial charge in [0.05, 0.1) is 6.61 Å². The monoisotopic (exact) mass is 304 g/mol. The number of ether oxygens (including phenoxy) is 1. The van der Waals surface area contributed by atoms with E-state index in [0.29, 0.717) is 5.56 Å². The van der Waals surface area contributed by atoms with Gasteiger partial charge in [-0.25, -0.2) is 4.79 Å². The third-order valence-corrected chi connectivity index (χ3v) is 3.08. The second kappa shape index (κ2) is 6.47. The van der Waals surface area contributed by atoms with Crippen molar-refractivity contribution in [1.29, 1.82) is 0 Å². The van der Waals surface area contributed by atoms with Crippen molar-refractivity contribution in [3.63, 3.8) is 0 Å². The third kappa shape index (κ3) is 3.19. The molecule has 0 aliphatic carbocycles. The molecule has 0 atom stereocenters. The highest BCUT2D eigenvalue weighted by Gasteiger charge is 2.42. The van der Waals surface area contributed by atoms with Crippen LogP contribution in [0.1, 0.15) is 28.4 Å². The molecule has 0 saturated heterocycles. The first kappa shape index (κ1) is 15.8. The summed E-state index contributed by atoms with van der Waals surface area (Å²) < 4.78 is 32.0. The fourth-order valence-electron chi connectivity index (χ4n) is 1.93. The number of ketones is 1. The summed E-state index contributed by atoms with van der Waals surface area (Å²) in [6, 6.07) is 13.2. The molecule has 0 radical (unpaired) electrons. The summed E-state index contributed by atoms with van der Waals surface area (Å²) >= 11 is 0. The van der Waals surface area contributed by atoms with Gasteiger partial charge in [0.25, 0.3) is 0 Å². The molecule has 0 aliphatic rings. The minimum Gasteiger partial charge on any atom is -0.461 e. The summed E-state index contributed by atoms with van der Waals surface area (Å²) in [7, 11) is 0. The predicted octanol–water partition coefficient (Wildman–Crippen LogP) is 3.57. The Morgan fingerprint density at radius 1 is 0.955 bits per heavy atom. The number of carbonyl (C=O) groups excluding carboxylic acids is 2. The van der Waals surface area contributed by atoms with Crippen LogP contribution in [0.4, 0.5) is 8.78 Å². The molecule has 0 spiro atoms. The third-order valence-electron chi connectivity index (χ3n) is 3.08. The first-order valence-electron chi connectivity index (χ1n) is 6.72. The Bertz CT molecular complexity index is 664. The summed E-state index contributed by atoms with van der Waals surface area (Å²) in [5, 5.41) is 0. The topological polar surface area (TPSA) is 43.4 Å². The zero-order valence-electron chi connectivity index (χ0n) is 11.9.